The zero-order valence-corrected chi connectivity index (χ0v) is 16.4. The molecule has 1 unspecified atom stereocenters. The summed E-state index contributed by atoms with van der Waals surface area (Å²) in [7, 11) is 3.78. The van der Waals surface area contributed by atoms with Gasteiger partial charge >= 0.3 is 0 Å². The van der Waals surface area contributed by atoms with Gasteiger partial charge in [-0.2, -0.15) is 5.10 Å². The normalized spacial score (nSPS) is 16.9. The van der Waals surface area contributed by atoms with Crippen molar-refractivity contribution in [3.8, 4) is 11.4 Å². The molecular formula is C20H29N5O2. The van der Waals surface area contributed by atoms with Crippen LogP contribution in [0.25, 0.3) is 5.69 Å². The minimum atomic E-state index is -0.0722. The van der Waals surface area contributed by atoms with Crippen LogP contribution in [0.4, 0.5) is 0 Å². The first-order chi connectivity index (χ1) is 13.0. The van der Waals surface area contributed by atoms with Crippen LogP contribution >= 0.6 is 0 Å². The number of amides is 1. The van der Waals surface area contributed by atoms with Crippen LogP contribution in [0.15, 0.2) is 36.7 Å². The third-order valence-corrected chi connectivity index (χ3v) is 5.07. The maximum Gasteiger partial charge on any atom is 0.221 e. The zero-order valence-electron chi connectivity index (χ0n) is 16.4. The molecule has 146 valence electrons. The fraction of sp³-hybridized carbons (Fsp3) is 0.500. The molecule has 1 amide bonds. The lowest BCUT2D eigenvalue weighted by Crippen LogP contribution is -2.45. The number of piperazine rings is 1. The Morgan fingerprint density at radius 2 is 1.93 bits per heavy atom. The third kappa shape index (κ3) is 5.30. The molecular weight excluding hydrogens is 342 g/mol. The quantitative estimate of drug-likeness (QED) is 0.803. The molecule has 0 radical (unpaired) electrons. The zero-order chi connectivity index (χ0) is 19.2. The van der Waals surface area contributed by atoms with E-state index in [2.05, 4.69) is 27.3 Å². The first-order valence-electron chi connectivity index (χ1n) is 9.44. The van der Waals surface area contributed by atoms with E-state index in [0.717, 1.165) is 49.7 Å². The van der Waals surface area contributed by atoms with E-state index in [0.29, 0.717) is 6.42 Å². The fourth-order valence-electron chi connectivity index (χ4n) is 3.16. The van der Waals surface area contributed by atoms with Gasteiger partial charge in [-0.3, -0.25) is 4.79 Å². The summed E-state index contributed by atoms with van der Waals surface area (Å²) in [6, 6.07) is 7.64. The van der Waals surface area contributed by atoms with E-state index in [9.17, 15) is 4.79 Å². The van der Waals surface area contributed by atoms with E-state index < -0.39 is 0 Å². The molecule has 1 N–H and O–H groups in total. The number of rotatable bonds is 7. The lowest BCUT2D eigenvalue weighted by Gasteiger charge is -2.32. The summed E-state index contributed by atoms with van der Waals surface area (Å²) in [5.41, 5.74) is 1.94. The van der Waals surface area contributed by atoms with Gasteiger partial charge in [0.05, 0.1) is 25.0 Å². The number of likely N-dealkylation sites (N-methyl/N-ethyl adjacent to an activating group) is 1. The predicted octanol–water partition coefficient (Wildman–Crippen LogP) is 1.70. The molecule has 0 aliphatic carbocycles. The summed E-state index contributed by atoms with van der Waals surface area (Å²) in [6.45, 7) is 7.02. The van der Waals surface area contributed by atoms with Gasteiger partial charge in [-0.25, -0.2) is 4.68 Å². The number of benzene rings is 1. The lowest BCUT2D eigenvalue weighted by molar-refractivity contribution is -0.122. The number of nitrogens with one attached hydrogen (secondary N) is 1. The Kier molecular flexibility index (Phi) is 6.47. The van der Waals surface area contributed by atoms with Crippen LogP contribution in [0.5, 0.6) is 5.75 Å². The summed E-state index contributed by atoms with van der Waals surface area (Å²) in [5, 5.41) is 7.49. The molecule has 7 heteroatoms. The highest BCUT2D eigenvalue weighted by Gasteiger charge is 2.16. The molecule has 1 saturated heterocycles. The van der Waals surface area contributed by atoms with Crippen LogP contribution in [0, 0.1) is 0 Å². The van der Waals surface area contributed by atoms with Gasteiger partial charge in [0.2, 0.25) is 5.91 Å². The van der Waals surface area contributed by atoms with E-state index in [-0.39, 0.29) is 11.9 Å². The number of hydrogen-bond acceptors (Lipinski definition) is 5. The van der Waals surface area contributed by atoms with Crippen LogP contribution < -0.4 is 10.1 Å². The molecule has 1 aromatic heterocycles. The maximum absolute atomic E-state index is 12.3. The summed E-state index contributed by atoms with van der Waals surface area (Å²) in [5.74, 6) is 0.894. The molecule has 0 bridgehead atoms. The van der Waals surface area contributed by atoms with Crippen LogP contribution in [-0.2, 0) is 4.79 Å². The van der Waals surface area contributed by atoms with Crippen LogP contribution in [0.1, 0.15) is 24.9 Å². The third-order valence-electron chi connectivity index (χ3n) is 5.07. The van der Waals surface area contributed by atoms with Gasteiger partial charge in [-0.05, 0) is 38.2 Å². The van der Waals surface area contributed by atoms with Crippen molar-refractivity contribution in [1.82, 2.24) is 24.9 Å². The Morgan fingerprint density at radius 1 is 1.22 bits per heavy atom. The standard InChI is InChI=1S/C20H29N5O2/c1-16(22-20(26)8-9-24-12-10-23(2)11-13-24)17-14-21-25(15-17)18-4-6-19(27-3)7-5-18/h4-7,14-16H,8-13H2,1-3H3,(H,22,26). The highest BCUT2D eigenvalue weighted by molar-refractivity contribution is 5.76. The highest BCUT2D eigenvalue weighted by atomic mass is 16.5. The summed E-state index contributed by atoms with van der Waals surface area (Å²) in [4.78, 5) is 17.0. The SMILES string of the molecule is COc1ccc(-n2cc(C(C)NC(=O)CCN3CCN(C)CC3)cn2)cc1. The van der Waals surface area contributed by atoms with Crippen molar-refractivity contribution >= 4 is 5.91 Å². The van der Waals surface area contributed by atoms with E-state index >= 15 is 0 Å². The monoisotopic (exact) mass is 371 g/mol. The number of nitrogens with zero attached hydrogens (tertiary/aromatic N) is 4. The molecule has 1 fully saturated rings. The van der Waals surface area contributed by atoms with E-state index in [4.69, 9.17) is 4.74 Å². The second-order valence-corrected chi connectivity index (χ2v) is 7.10. The molecule has 7 nitrogen and oxygen atoms in total. The smallest absolute Gasteiger partial charge is 0.221 e. The molecule has 1 aromatic carbocycles. The Balaban J connectivity index is 1.49. The van der Waals surface area contributed by atoms with E-state index in [1.54, 1.807) is 13.3 Å². The molecule has 0 spiro atoms. The minimum Gasteiger partial charge on any atom is -0.497 e. The van der Waals surface area contributed by atoms with Crippen molar-refractivity contribution in [2.45, 2.75) is 19.4 Å². The minimum absolute atomic E-state index is 0.0722. The van der Waals surface area contributed by atoms with Crippen LogP contribution in [0.2, 0.25) is 0 Å². The highest BCUT2D eigenvalue weighted by Crippen LogP contribution is 2.17. The van der Waals surface area contributed by atoms with Gasteiger partial charge in [0.25, 0.3) is 0 Å². The van der Waals surface area contributed by atoms with Gasteiger partial charge in [0.15, 0.2) is 0 Å². The van der Waals surface area contributed by atoms with Crippen molar-refractivity contribution in [3.63, 3.8) is 0 Å². The topological polar surface area (TPSA) is 62.6 Å². The average Bonchev–Trinajstić information content (AvgIpc) is 3.18. The van der Waals surface area contributed by atoms with Crippen molar-refractivity contribution in [2.24, 2.45) is 0 Å². The lowest BCUT2D eigenvalue weighted by atomic mass is 10.2. The Labute approximate surface area is 160 Å². The van der Waals surface area contributed by atoms with Crippen molar-refractivity contribution in [1.29, 1.82) is 0 Å². The maximum atomic E-state index is 12.3. The molecule has 27 heavy (non-hydrogen) atoms. The van der Waals surface area contributed by atoms with Crippen molar-refractivity contribution < 1.29 is 9.53 Å². The van der Waals surface area contributed by atoms with E-state index in [1.807, 2.05) is 42.1 Å². The number of carbonyl (C=O) groups excluding carboxylic acids is 1. The summed E-state index contributed by atoms with van der Waals surface area (Å²) >= 11 is 0. The molecule has 1 aliphatic heterocycles. The van der Waals surface area contributed by atoms with Crippen molar-refractivity contribution in [2.75, 3.05) is 46.9 Å². The fourth-order valence-corrected chi connectivity index (χ4v) is 3.16. The summed E-state index contributed by atoms with van der Waals surface area (Å²) in [6.07, 6.45) is 4.28. The van der Waals surface area contributed by atoms with Crippen LogP contribution in [0.3, 0.4) is 0 Å². The van der Waals surface area contributed by atoms with Crippen LogP contribution in [-0.4, -0.2) is 72.4 Å². The second kappa shape index (κ2) is 9.01. The van der Waals surface area contributed by atoms with Gasteiger partial charge < -0.3 is 19.9 Å². The molecule has 0 saturated carbocycles. The molecule has 3 rings (SSSR count). The number of aromatic nitrogens is 2. The number of hydrogen-bond donors (Lipinski definition) is 1. The Morgan fingerprint density at radius 3 is 2.59 bits per heavy atom. The number of methoxy groups -OCH3 is 1. The van der Waals surface area contributed by atoms with Gasteiger partial charge in [-0.1, -0.05) is 0 Å². The largest absolute Gasteiger partial charge is 0.497 e. The first-order valence-corrected chi connectivity index (χ1v) is 9.44. The average molecular weight is 371 g/mol. The molecule has 2 aromatic rings. The number of ether oxygens (including phenoxy) is 1. The van der Waals surface area contributed by atoms with Gasteiger partial charge in [-0.15, -0.1) is 0 Å². The predicted molar refractivity (Wildman–Crippen MR) is 105 cm³/mol. The van der Waals surface area contributed by atoms with Gasteiger partial charge in [0.1, 0.15) is 5.75 Å². The first kappa shape index (κ1) is 19.4. The van der Waals surface area contributed by atoms with Gasteiger partial charge in [0, 0.05) is 50.9 Å². The molecule has 1 atom stereocenters. The number of carbonyl (C=O) groups is 1. The Bertz CT molecular complexity index is 735. The van der Waals surface area contributed by atoms with E-state index in [1.165, 1.54) is 0 Å². The molecule has 2 heterocycles. The Hall–Kier alpha value is -2.38. The molecule has 1 aliphatic rings. The van der Waals surface area contributed by atoms with Crippen molar-refractivity contribution in [3.05, 3.63) is 42.2 Å². The second-order valence-electron chi connectivity index (χ2n) is 7.10. The summed E-state index contributed by atoms with van der Waals surface area (Å²) < 4.78 is 6.99.